The second-order valence-corrected chi connectivity index (χ2v) is 9.63. The molecule has 0 unspecified atom stereocenters. The average Bonchev–Trinajstić information content (AvgIpc) is 3.18. The van der Waals surface area contributed by atoms with Crippen LogP contribution in [0.15, 0.2) is 52.1 Å². The first-order valence-corrected chi connectivity index (χ1v) is 11.9. The first-order chi connectivity index (χ1) is 14.3. The van der Waals surface area contributed by atoms with Crippen molar-refractivity contribution < 1.29 is 17.6 Å². The van der Waals surface area contributed by atoms with Crippen molar-refractivity contribution in [3.05, 3.63) is 53.1 Å². The molecule has 0 fully saturated rings. The number of sulfonamides is 1. The second kappa shape index (κ2) is 9.50. The molecule has 0 saturated carbocycles. The summed E-state index contributed by atoms with van der Waals surface area (Å²) in [6.07, 6.45) is 0. The van der Waals surface area contributed by atoms with Crippen LogP contribution in [-0.2, 0) is 14.8 Å². The van der Waals surface area contributed by atoms with Gasteiger partial charge in [0, 0.05) is 22.0 Å². The summed E-state index contributed by atoms with van der Waals surface area (Å²) in [6.45, 7) is 3.44. The standard InChI is InChI=1S/C19H19ClN4O4S2/c1-3-30(26,27)24-15-8-5-13(6-9-15)18-22-23-19(28-18)29-11-17(25)21-16-10-14(20)7-4-12(16)2/h4-10,24H,3,11H2,1-2H3,(H,21,25). The largest absolute Gasteiger partial charge is 0.411 e. The molecule has 0 radical (unpaired) electrons. The van der Waals surface area contributed by atoms with Gasteiger partial charge < -0.3 is 9.73 Å². The van der Waals surface area contributed by atoms with E-state index in [1.165, 1.54) is 0 Å². The van der Waals surface area contributed by atoms with Gasteiger partial charge in [0.05, 0.1) is 11.5 Å². The molecule has 158 valence electrons. The minimum Gasteiger partial charge on any atom is -0.411 e. The summed E-state index contributed by atoms with van der Waals surface area (Å²) in [7, 11) is -3.34. The predicted octanol–water partition coefficient (Wildman–Crippen LogP) is 4.19. The van der Waals surface area contributed by atoms with Gasteiger partial charge in [-0.2, -0.15) is 0 Å². The molecule has 0 aliphatic heterocycles. The monoisotopic (exact) mass is 466 g/mol. The van der Waals surface area contributed by atoms with E-state index in [-0.39, 0.29) is 28.5 Å². The van der Waals surface area contributed by atoms with Gasteiger partial charge in [0.2, 0.25) is 21.8 Å². The summed E-state index contributed by atoms with van der Waals surface area (Å²) in [5.41, 5.74) is 2.64. The van der Waals surface area contributed by atoms with E-state index in [2.05, 4.69) is 20.2 Å². The second-order valence-electron chi connectivity index (χ2n) is 6.25. The Morgan fingerprint density at radius 2 is 1.90 bits per heavy atom. The van der Waals surface area contributed by atoms with E-state index >= 15 is 0 Å². The Morgan fingerprint density at radius 1 is 1.17 bits per heavy atom. The molecule has 2 aromatic carbocycles. The maximum Gasteiger partial charge on any atom is 0.277 e. The zero-order chi connectivity index (χ0) is 21.7. The van der Waals surface area contributed by atoms with Crippen molar-refractivity contribution in [3.63, 3.8) is 0 Å². The van der Waals surface area contributed by atoms with E-state index in [9.17, 15) is 13.2 Å². The lowest BCUT2D eigenvalue weighted by Crippen LogP contribution is -2.14. The number of halogens is 1. The van der Waals surface area contributed by atoms with Gasteiger partial charge in [-0.05, 0) is 55.8 Å². The summed E-state index contributed by atoms with van der Waals surface area (Å²) in [5, 5.41) is 11.5. The molecule has 0 spiro atoms. The van der Waals surface area contributed by atoms with E-state index < -0.39 is 10.0 Å². The van der Waals surface area contributed by atoms with Gasteiger partial charge in [0.15, 0.2) is 0 Å². The van der Waals surface area contributed by atoms with E-state index in [0.717, 1.165) is 17.3 Å². The fourth-order valence-corrected chi connectivity index (χ4v) is 3.73. The quantitative estimate of drug-likeness (QED) is 0.478. The topological polar surface area (TPSA) is 114 Å². The van der Waals surface area contributed by atoms with Crippen LogP contribution in [0.5, 0.6) is 0 Å². The maximum atomic E-state index is 12.2. The highest BCUT2D eigenvalue weighted by molar-refractivity contribution is 7.99. The van der Waals surface area contributed by atoms with Crippen molar-refractivity contribution in [1.29, 1.82) is 0 Å². The Bertz CT molecular complexity index is 1150. The lowest BCUT2D eigenvalue weighted by Gasteiger charge is -2.07. The number of aryl methyl sites for hydroxylation is 1. The number of nitrogens with zero attached hydrogens (tertiary/aromatic N) is 2. The smallest absolute Gasteiger partial charge is 0.277 e. The van der Waals surface area contributed by atoms with E-state index in [1.807, 2.05) is 13.0 Å². The van der Waals surface area contributed by atoms with Crippen molar-refractivity contribution in [2.24, 2.45) is 0 Å². The van der Waals surface area contributed by atoms with Crippen LogP contribution in [0.3, 0.4) is 0 Å². The summed E-state index contributed by atoms with van der Waals surface area (Å²) < 4.78 is 31.3. The molecule has 1 amide bonds. The van der Waals surface area contributed by atoms with Gasteiger partial charge in [-0.15, -0.1) is 10.2 Å². The van der Waals surface area contributed by atoms with Crippen LogP contribution in [0.4, 0.5) is 11.4 Å². The summed E-state index contributed by atoms with van der Waals surface area (Å²) in [4.78, 5) is 12.2. The Kier molecular flexibility index (Phi) is 7.01. The van der Waals surface area contributed by atoms with E-state index in [1.54, 1.807) is 43.3 Å². The summed E-state index contributed by atoms with van der Waals surface area (Å²) in [6, 6.07) is 11.8. The molecule has 0 aliphatic rings. The molecule has 0 aliphatic carbocycles. The normalized spacial score (nSPS) is 11.3. The molecule has 0 bridgehead atoms. The van der Waals surface area contributed by atoms with Crippen LogP contribution < -0.4 is 10.0 Å². The molecule has 0 saturated heterocycles. The number of hydrogen-bond acceptors (Lipinski definition) is 7. The SMILES string of the molecule is CCS(=O)(=O)Nc1ccc(-c2nnc(SCC(=O)Nc3cc(Cl)ccc3C)o2)cc1. The van der Waals surface area contributed by atoms with Crippen LogP contribution in [0, 0.1) is 6.92 Å². The maximum absolute atomic E-state index is 12.2. The average molecular weight is 467 g/mol. The molecular weight excluding hydrogens is 448 g/mol. The fraction of sp³-hybridized carbons (Fsp3) is 0.211. The third kappa shape index (κ3) is 5.97. The predicted molar refractivity (Wildman–Crippen MR) is 118 cm³/mol. The number of amides is 1. The molecule has 0 atom stereocenters. The van der Waals surface area contributed by atoms with Crippen LogP contribution in [-0.4, -0.2) is 36.0 Å². The molecule has 11 heteroatoms. The summed E-state index contributed by atoms with van der Waals surface area (Å²) in [5.74, 6) is 0.126. The number of thioether (sulfide) groups is 1. The van der Waals surface area contributed by atoms with Crippen molar-refractivity contribution in [1.82, 2.24) is 10.2 Å². The number of rotatable bonds is 8. The highest BCUT2D eigenvalue weighted by Gasteiger charge is 2.13. The minimum atomic E-state index is -3.34. The molecule has 2 N–H and O–H groups in total. The van der Waals surface area contributed by atoms with Gasteiger partial charge in [-0.1, -0.05) is 29.4 Å². The molecular formula is C19H19ClN4O4S2. The molecule has 1 aromatic heterocycles. The van der Waals surface area contributed by atoms with Crippen LogP contribution >= 0.6 is 23.4 Å². The molecule has 3 rings (SSSR count). The molecule has 3 aromatic rings. The van der Waals surface area contributed by atoms with E-state index in [0.29, 0.717) is 22.0 Å². The number of benzene rings is 2. The van der Waals surface area contributed by atoms with Crippen LogP contribution in [0.2, 0.25) is 5.02 Å². The highest BCUT2D eigenvalue weighted by atomic mass is 35.5. The molecule has 1 heterocycles. The fourth-order valence-electron chi connectivity index (χ4n) is 2.36. The van der Waals surface area contributed by atoms with Gasteiger partial charge >= 0.3 is 0 Å². The number of nitrogens with one attached hydrogen (secondary N) is 2. The number of carbonyl (C=O) groups excluding carboxylic acids is 1. The molecule has 30 heavy (non-hydrogen) atoms. The Hall–Kier alpha value is -2.56. The minimum absolute atomic E-state index is 0.0105. The number of hydrogen-bond donors (Lipinski definition) is 2. The number of aromatic nitrogens is 2. The first-order valence-electron chi connectivity index (χ1n) is 8.89. The number of carbonyl (C=O) groups is 1. The lowest BCUT2D eigenvalue weighted by molar-refractivity contribution is -0.113. The van der Waals surface area contributed by atoms with Crippen LogP contribution in [0.25, 0.3) is 11.5 Å². The Balaban J connectivity index is 1.58. The van der Waals surface area contributed by atoms with Gasteiger partial charge in [-0.3, -0.25) is 9.52 Å². The van der Waals surface area contributed by atoms with Gasteiger partial charge in [0.1, 0.15) is 0 Å². The zero-order valence-corrected chi connectivity index (χ0v) is 18.6. The zero-order valence-electron chi connectivity index (χ0n) is 16.2. The lowest BCUT2D eigenvalue weighted by atomic mass is 10.2. The third-order valence-corrected chi connectivity index (χ3v) is 6.35. The molecule has 8 nitrogen and oxygen atoms in total. The highest BCUT2D eigenvalue weighted by Crippen LogP contribution is 2.25. The third-order valence-electron chi connectivity index (χ3n) is 3.99. The van der Waals surface area contributed by atoms with Gasteiger partial charge in [0.25, 0.3) is 5.22 Å². The Labute approximate surface area is 183 Å². The van der Waals surface area contributed by atoms with Crippen LogP contribution in [0.1, 0.15) is 12.5 Å². The Morgan fingerprint density at radius 3 is 2.60 bits per heavy atom. The van der Waals surface area contributed by atoms with Crippen molar-refractivity contribution in [2.75, 3.05) is 21.5 Å². The van der Waals surface area contributed by atoms with Crippen molar-refractivity contribution in [2.45, 2.75) is 19.1 Å². The van der Waals surface area contributed by atoms with Gasteiger partial charge in [-0.25, -0.2) is 8.42 Å². The number of anilines is 2. The first kappa shape index (κ1) is 22.1. The van der Waals surface area contributed by atoms with Crippen molar-refractivity contribution >= 4 is 50.7 Å². The summed E-state index contributed by atoms with van der Waals surface area (Å²) >= 11 is 7.07. The van der Waals surface area contributed by atoms with Crippen molar-refractivity contribution in [3.8, 4) is 11.5 Å². The van der Waals surface area contributed by atoms with E-state index in [4.69, 9.17) is 16.0 Å².